The number of amides is 1. The lowest BCUT2D eigenvalue weighted by atomic mass is 9.95. The van der Waals surface area contributed by atoms with Crippen molar-refractivity contribution in [1.29, 1.82) is 0 Å². The Morgan fingerprint density at radius 1 is 1.26 bits per heavy atom. The minimum Gasteiger partial charge on any atom is -0.343 e. The van der Waals surface area contributed by atoms with Gasteiger partial charge in [0.05, 0.1) is 0 Å². The van der Waals surface area contributed by atoms with Gasteiger partial charge in [0.25, 0.3) is 0 Å². The van der Waals surface area contributed by atoms with Crippen LogP contribution in [0.1, 0.15) is 36.6 Å². The number of piperidine rings is 1. The highest BCUT2D eigenvalue weighted by Crippen LogP contribution is 2.27. The highest BCUT2D eigenvalue weighted by atomic mass is 19.1. The van der Waals surface area contributed by atoms with Crippen LogP contribution < -0.4 is 0 Å². The first-order chi connectivity index (χ1) is 13.0. The molecule has 5 nitrogen and oxygen atoms in total. The molecule has 0 atom stereocenters. The van der Waals surface area contributed by atoms with Crippen molar-refractivity contribution in [3.05, 3.63) is 53.9 Å². The van der Waals surface area contributed by atoms with Gasteiger partial charge in [0.15, 0.2) is 0 Å². The Hall–Kier alpha value is -2.21. The first-order valence-corrected chi connectivity index (χ1v) is 9.71. The number of likely N-dealkylation sites (tertiary alicyclic amines) is 1. The van der Waals surface area contributed by atoms with Crippen LogP contribution in [0.5, 0.6) is 0 Å². The van der Waals surface area contributed by atoms with E-state index in [1.807, 2.05) is 23.4 Å². The quantitative estimate of drug-likeness (QED) is 0.750. The molecule has 1 saturated heterocycles. The molecule has 1 aromatic carbocycles. The fourth-order valence-electron chi connectivity index (χ4n) is 3.67. The highest BCUT2D eigenvalue weighted by molar-refractivity contribution is 5.76. The number of benzene rings is 1. The normalized spacial score (nSPS) is 15.5. The minimum absolute atomic E-state index is 0.118. The molecule has 27 heavy (non-hydrogen) atoms. The molecular weight excluding hydrogens is 343 g/mol. The van der Waals surface area contributed by atoms with Gasteiger partial charge >= 0.3 is 0 Å². The smallest absolute Gasteiger partial charge is 0.222 e. The van der Waals surface area contributed by atoms with Gasteiger partial charge in [-0.05, 0) is 45.0 Å². The van der Waals surface area contributed by atoms with Gasteiger partial charge in [-0.1, -0.05) is 18.2 Å². The number of likely N-dealkylation sites (N-methyl/N-ethyl adjacent to an activating group) is 1. The Labute approximate surface area is 160 Å². The van der Waals surface area contributed by atoms with Gasteiger partial charge in [0, 0.05) is 50.9 Å². The van der Waals surface area contributed by atoms with Crippen molar-refractivity contribution >= 4 is 5.91 Å². The van der Waals surface area contributed by atoms with Crippen molar-refractivity contribution in [2.45, 2.75) is 38.1 Å². The van der Waals surface area contributed by atoms with Gasteiger partial charge in [0.1, 0.15) is 11.6 Å². The van der Waals surface area contributed by atoms with Gasteiger partial charge in [-0.3, -0.25) is 4.79 Å². The molecule has 0 N–H and O–H groups in total. The number of hydrogen-bond donors (Lipinski definition) is 0. The number of nitrogens with zero attached hydrogens (tertiary/aromatic N) is 4. The minimum atomic E-state index is -0.228. The summed E-state index contributed by atoms with van der Waals surface area (Å²) in [6.45, 7) is 3.42. The first kappa shape index (κ1) is 19.5. The number of rotatable bonds is 7. The molecule has 0 saturated carbocycles. The van der Waals surface area contributed by atoms with Crippen molar-refractivity contribution < 1.29 is 9.18 Å². The van der Waals surface area contributed by atoms with Crippen LogP contribution in [0, 0.1) is 5.82 Å². The fourth-order valence-corrected chi connectivity index (χ4v) is 3.67. The van der Waals surface area contributed by atoms with E-state index in [1.165, 1.54) is 6.07 Å². The van der Waals surface area contributed by atoms with E-state index in [1.54, 1.807) is 12.1 Å². The molecule has 1 aromatic heterocycles. The molecule has 3 rings (SSSR count). The van der Waals surface area contributed by atoms with Gasteiger partial charge < -0.3 is 14.4 Å². The Morgan fingerprint density at radius 2 is 2.00 bits per heavy atom. The number of carbonyl (C=O) groups is 1. The van der Waals surface area contributed by atoms with Gasteiger partial charge in [-0.15, -0.1) is 0 Å². The summed E-state index contributed by atoms with van der Waals surface area (Å²) in [6.07, 6.45) is 6.61. The topological polar surface area (TPSA) is 41.4 Å². The van der Waals surface area contributed by atoms with Gasteiger partial charge in [0.2, 0.25) is 5.91 Å². The first-order valence-electron chi connectivity index (χ1n) is 9.71. The Morgan fingerprint density at radius 3 is 2.70 bits per heavy atom. The number of carbonyl (C=O) groups excluding carboxylic acids is 1. The number of aryl methyl sites for hydroxylation is 1. The Bertz CT molecular complexity index is 750. The van der Waals surface area contributed by atoms with Crippen LogP contribution in [0.15, 0.2) is 36.7 Å². The lowest BCUT2D eigenvalue weighted by Crippen LogP contribution is -2.38. The van der Waals surface area contributed by atoms with E-state index in [-0.39, 0.29) is 11.7 Å². The summed E-state index contributed by atoms with van der Waals surface area (Å²) in [7, 11) is 4.14. The van der Waals surface area contributed by atoms with Crippen LogP contribution in [-0.4, -0.2) is 59.0 Å². The fraction of sp³-hybridized carbons (Fsp3) is 0.524. The summed E-state index contributed by atoms with van der Waals surface area (Å²) in [6, 6.07) is 6.69. The Kier molecular flexibility index (Phi) is 6.61. The molecule has 146 valence electrons. The van der Waals surface area contributed by atoms with Crippen molar-refractivity contribution in [2.24, 2.45) is 0 Å². The van der Waals surface area contributed by atoms with Crippen molar-refractivity contribution in [2.75, 3.05) is 33.7 Å². The van der Waals surface area contributed by atoms with Crippen LogP contribution in [0.4, 0.5) is 4.39 Å². The second-order valence-corrected chi connectivity index (χ2v) is 7.53. The van der Waals surface area contributed by atoms with Crippen LogP contribution in [0.3, 0.4) is 0 Å². The summed E-state index contributed by atoms with van der Waals surface area (Å²) in [5.74, 6) is 1.43. The summed E-state index contributed by atoms with van der Waals surface area (Å²) < 4.78 is 15.9. The second-order valence-electron chi connectivity index (χ2n) is 7.53. The maximum atomic E-state index is 13.7. The standard InChI is InChI=1S/C21H29FN4O/c1-24(2)15-16-26-14-11-23-21(26)18-9-12-25(13-10-18)20(27)8-7-17-5-3-4-6-19(17)22/h3-6,11,14,18H,7-10,12-13,15-16H2,1-2H3. The van der Waals surface area contributed by atoms with Crippen LogP contribution in [0.25, 0.3) is 0 Å². The largest absolute Gasteiger partial charge is 0.343 e. The van der Waals surface area contributed by atoms with Crippen LogP contribution in [-0.2, 0) is 17.8 Å². The van der Waals surface area contributed by atoms with E-state index in [0.29, 0.717) is 24.3 Å². The SMILES string of the molecule is CN(C)CCn1ccnc1C1CCN(C(=O)CCc2ccccc2F)CC1. The van der Waals surface area contributed by atoms with Crippen LogP contribution >= 0.6 is 0 Å². The molecular formula is C21H29FN4O. The van der Waals surface area contributed by atoms with E-state index in [2.05, 4.69) is 28.5 Å². The molecule has 2 heterocycles. The summed E-state index contributed by atoms with van der Waals surface area (Å²) in [4.78, 5) is 21.2. The number of imidazole rings is 1. The third kappa shape index (κ3) is 5.16. The molecule has 1 fully saturated rings. The molecule has 0 bridgehead atoms. The third-order valence-corrected chi connectivity index (χ3v) is 5.31. The summed E-state index contributed by atoms with van der Waals surface area (Å²) in [5.41, 5.74) is 0.614. The summed E-state index contributed by atoms with van der Waals surface area (Å²) >= 11 is 0. The summed E-state index contributed by atoms with van der Waals surface area (Å²) in [5, 5.41) is 0. The number of aromatic nitrogens is 2. The second kappa shape index (κ2) is 9.13. The molecule has 1 aliphatic heterocycles. The molecule has 0 unspecified atom stereocenters. The zero-order valence-corrected chi connectivity index (χ0v) is 16.3. The third-order valence-electron chi connectivity index (χ3n) is 5.31. The molecule has 1 amide bonds. The molecule has 0 aliphatic carbocycles. The monoisotopic (exact) mass is 372 g/mol. The highest BCUT2D eigenvalue weighted by Gasteiger charge is 2.26. The van der Waals surface area contributed by atoms with E-state index < -0.39 is 0 Å². The predicted octanol–water partition coefficient (Wildman–Crippen LogP) is 2.92. The van der Waals surface area contributed by atoms with Gasteiger partial charge in [-0.25, -0.2) is 9.37 Å². The van der Waals surface area contributed by atoms with Crippen molar-refractivity contribution in [3.63, 3.8) is 0 Å². The molecule has 0 radical (unpaired) electrons. The number of halogens is 1. The molecule has 1 aliphatic rings. The van der Waals surface area contributed by atoms with Crippen LogP contribution in [0.2, 0.25) is 0 Å². The molecule has 6 heteroatoms. The maximum absolute atomic E-state index is 13.7. The molecule has 2 aromatic rings. The van der Waals surface area contributed by atoms with E-state index >= 15 is 0 Å². The predicted molar refractivity (Wildman–Crippen MR) is 104 cm³/mol. The number of hydrogen-bond acceptors (Lipinski definition) is 3. The lowest BCUT2D eigenvalue weighted by Gasteiger charge is -2.32. The van der Waals surface area contributed by atoms with E-state index in [0.717, 1.165) is 44.8 Å². The zero-order chi connectivity index (χ0) is 19.2. The zero-order valence-electron chi connectivity index (χ0n) is 16.3. The van der Waals surface area contributed by atoms with Crippen molar-refractivity contribution in [3.8, 4) is 0 Å². The van der Waals surface area contributed by atoms with Crippen molar-refractivity contribution in [1.82, 2.24) is 19.4 Å². The van der Waals surface area contributed by atoms with E-state index in [4.69, 9.17) is 0 Å². The Balaban J connectivity index is 1.49. The average molecular weight is 372 g/mol. The average Bonchev–Trinajstić information content (AvgIpc) is 3.14. The maximum Gasteiger partial charge on any atom is 0.222 e. The van der Waals surface area contributed by atoms with Gasteiger partial charge in [-0.2, -0.15) is 0 Å². The van der Waals surface area contributed by atoms with E-state index in [9.17, 15) is 9.18 Å². The molecule has 0 spiro atoms. The lowest BCUT2D eigenvalue weighted by molar-refractivity contribution is -0.132.